The lowest BCUT2D eigenvalue weighted by Crippen LogP contribution is -2.12. The Bertz CT molecular complexity index is 841. The van der Waals surface area contributed by atoms with E-state index in [1.807, 2.05) is 12.1 Å². The third-order valence-electron chi connectivity index (χ3n) is 3.22. The van der Waals surface area contributed by atoms with E-state index in [-0.39, 0.29) is 10.7 Å². The number of anilines is 1. The Balaban J connectivity index is 1.95. The van der Waals surface area contributed by atoms with E-state index in [0.717, 1.165) is 0 Å². The minimum Gasteiger partial charge on any atom is -0.463 e. The van der Waals surface area contributed by atoms with Gasteiger partial charge in [0.2, 0.25) is 0 Å². The molecule has 21 heavy (non-hydrogen) atoms. The van der Waals surface area contributed by atoms with Crippen molar-refractivity contribution >= 4 is 34.2 Å². The summed E-state index contributed by atoms with van der Waals surface area (Å²) in [7, 11) is 0. The third-order valence-corrected chi connectivity index (χ3v) is 3.53. The van der Waals surface area contributed by atoms with Crippen LogP contribution >= 0.6 is 11.6 Å². The van der Waals surface area contributed by atoms with Gasteiger partial charge in [-0.1, -0.05) is 29.8 Å². The van der Waals surface area contributed by atoms with Gasteiger partial charge in [-0.05, 0) is 30.7 Å². The van der Waals surface area contributed by atoms with Crippen molar-refractivity contribution in [1.82, 2.24) is 0 Å². The Morgan fingerprint density at radius 1 is 1.29 bits per heavy atom. The fraction of sp³-hybridized carbons (Fsp3) is 0.0625. The number of benzene rings is 2. The van der Waals surface area contributed by atoms with Crippen molar-refractivity contribution in [2.45, 2.75) is 6.92 Å². The molecule has 1 aromatic heterocycles. The summed E-state index contributed by atoms with van der Waals surface area (Å²) < 4.78 is 18.9. The molecule has 1 heterocycles. The van der Waals surface area contributed by atoms with Gasteiger partial charge in [-0.25, -0.2) is 4.39 Å². The summed E-state index contributed by atoms with van der Waals surface area (Å²) in [5, 5.41) is 3.58. The Morgan fingerprint density at radius 3 is 2.86 bits per heavy atom. The van der Waals surface area contributed by atoms with Gasteiger partial charge in [-0.3, -0.25) is 4.79 Å². The molecule has 0 atom stereocenters. The van der Waals surface area contributed by atoms with Gasteiger partial charge in [0.15, 0.2) is 0 Å². The minimum absolute atomic E-state index is 0.232. The van der Waals surface area contributed by atoms with E-state index >= 15 is 0 Å². The van der Waals surface area contributed by atoms with Crippen LogP contribution in [-0.4, -0.2) is 5.91 Å². The van der Waals surface area contributed by atoms with Gasteiger partial charge in [0.1, 0.15) is 17.7 Å². The van der Waals surface area contributed by atoms with E-state index in [1.165, 1.54) is 18.4 Å². The fourth-order valence-electron chi connectivity index (χ4n) is 2.09. The maximum Gasteiger partial charge on any atom is 0.259 e. The van der Waals surface area contributed by atoms with E-state index in [1.54, 1.807) is 19.1 Å². The zero-order chi connectivity index (χ0) is 15.0. The molecule has 0 saturated carbocycles. The number of carbonyl (C=O) groups is 1. The number of hydrogen-bond donors (Lipinski definition) is 1. The van der Waals surface area contributed by atoms with Crippen molar-refractivity contribution in [2.75, 3.05) is 5.32 Å². The topological polar surface area (TPSA) is 42.2 Å². The number of halogens is 2. The first-order valence-electron chi connectivity index (χ1n) is 6.29. The molecule has 0 aliphatic rings. The highest BCUT2D eigenvalue weighted by molar-refractivity contribution is 6.34. The van der Waals surface area contributed by atoms with E-state index in [4.69, 9.17) is 16.0 Å². The summed E-state index contributed by atoms with van der Waals surface area (Å²) in [4.78, 5) is 12.3. The van der Waals surface area contributed by atoms with Crippen LogP contribution in [0.4, 0.5) is 10.1 Å². The molecule has 0 radical (unpaired) electrons. The van der Waals surface area contributed by atoms with Crippen LogP contribution in [0.2, 0.25) is 5.02 Å². The quantitative estimate of drug-likeness (QED) is 0.740. The summed E-state index contributed by atoms with van der Waals surface area (Å²) in [5.74, 6) is -0.822. The first-order valence-corrected chi connectivity index (χ1v) is 6.67. The molecule has 5 heteroatoms. The van der Waals surface area contributed by atoms with Gasteiger partial charge in [0.25, 0.3) is 5.91 Å². The zero-order valence-corrected chi connectivity index (χ0v) is 11.9. The summed E-state index contributed by atoms with van der Waals surface area (Å²) in [6.45, 7) is 1.61. The molecule has 0 bridgehead atoms. The van der Waals surface area contributed by atoms with Crippen molar-refractivity contribution in [3.63, 3.8) is 0 Å². The molecule has 3 rings (SSSR count). The minimum atomic E-state index is -0.424. The van der Waals surface area contributed by atoms with E-state index in [2.05, 4.69) is 5.32 Å². The van der Waals surface area contributed by atoms with Gasteiger partial charge in [-0.2, -0.15) is 0 Å². The number of nitrogens with one attached hydrogen (secondary N) is 1. The van der Waals surface area contributed by atoms with Crippen molar-refractivity contribution < 1.29 is 13.6 Å². The molecule has 0 fully saturated rings. The Hall–Kier alpha value is -2.33. The van der Waals surface area contributed by atoms with Crippen molar-refractivity contribution in [3.8, 4) is 0 Å². The lowest BCUT2D eigenvalue weighted by Gasteiger charge is -2.08. The molecule has 1 N–H and O–H groups in total. The summed E-state index contributed by atoms with van der Waals surface area (Å²) >= 11 is 6.02. The molecule has 0 aliphatic heterocycles. The second kappa shape index (κ2) is 5.22. The molecular weight excluding hydrogens is 293 g/mol. The molecule has 106 valence electrons. The molecule has 1 amide bonds. The van der Waals surface area contributed by atoms with Gasteiger partial charge in [0.05, 0.1) is 16.3 Å². The first kappa shape index (κ1) is 13.6. The number of hydrogen-bond acceptors (Lipinski definition) is 2. The molecule has 0 saturated heterocycles. The predicted octanol–water partition coefficient (Wildman–Crippen LogP) is 4.79. The van der Waals surface area contributed by atoms with Crippen LogP contribution in [0.3, 0.4) is 0 Å². The average molecular weight is 304 g/mol. The van der Waals surface area contributed by atoms with Crippen LogP contribution in [0, 0.1) is 12.7 Å². The van der Waals surface area contributed by atoms with Crippen LogP contribution in [0.1, 0.15) is 15.9 Å². The third kappa shape index (κ3) is 2.50. The standard InChI is InChI=1S/C16H11ClFNO2/c1-9-6-12(17)14(7-13(9)18)19-16(20)11-8-21-15-5-3-2-4-10(11)15/h2-8H,1H3,(H,19,20). The van der Waals surface area contributed by atoms with Crippen molar-refractivity contribution in [2.24, 2.45) is 0 Å². The number of furan rings is 1. The van der Waals surface area contributed by atoms with E-state index < -0.39 is 11.7 Å². The first-order chi connectivity index (χ1) is 10.1. The zero-order valence-electron chi connectivity index (χ0n) is 11.1. The van der Waals surface area contributed by atoms with E-state index in [0.29, 0.717) is 22.1 Å². The summed E-state index contributed by atoms with van der Waals surface area (Å²) in [6, 6.07) is 9.86. The van der Waals surface area contributed by atoms with Crippen molar-refractivity contribution in [1.29, 1.82) is 0 Å². The number of amides is 1. The molecule has 0 aliphatic carbocycles. The van der Waals surface area contributed by atoms with Gasteiger partial charge >= 0.3 is 0 Å². The number of para-hydroxylation sites is 1. The second-order valence-electron chi connectivity index (χ2n) is 4.68. The number of carbonyl (C=O) groups excluding carboxylic acids is 1. The number of rotatable bonds is 2. The number of fused-ring (bicyclic) bond motifs is 1. The fourth-order valence-corrected chi connectivity index (χ4v) is 2.35. The lowest BCUT2D eigenvalue weighted by molar-refractivity contribution is 0.102. The maximum atomic E-state index is 13.6. The highest BCUT2D eigenvalue weighted by atomic mass is 35.5. The van der Waals surface area contributed by atoms with Gasteiger partial charge in [-0.15, -0.1) is 0 Å². The molecule has 2 aromatic carbocycles. The lowest BCUT2D eigenvalue weighted by atomic mass is 10.1. The average Bonchev–Trinajstić information content (AvgIpc) is 2.88. The molecule has 3 nitrogen and oxygen atoms in total. The van der Waals surface area contributed by atoms with E-state index in [9.17, 15) is 9.18 Å². The molecule has 0 spiro atoms. The largest absolute Gasteiger partial charge is 0.463 e. The van der Waals surface area contributed by atoms with Crippen molar-refractivity contribution in [3.05, 3.63) is 64.6 Å². The van der Waals surface area contributed by atoms with Gasteiger partial charge < -0.3 is 9.73 Å². The Labute approximate surface area is 125 Å². The highest BCUT2D eigenvalue weighted by Gasteiger charge is 2.15. The van der Waals surface area contributed by atoms with Crippen LogP contribution in [0.5, 0.6) is 0 Å². The molecule has 3 aromatic rings. The molecular formula is C16H11ClFNO2. The smallest absolute Gasteiger partial charge is 0.259 e. The Morgan fingerprint density at radius 2 is 2.05 bits per heavy atom. The molecule has 0 unspecified atom stereocenters. The predicted molar refractivity (Wildman–Crippen MR) is 80.3 cm³/mol. The Kier molecular flexibility index (Phi) is 3.39. The second-order valence-corrected chi connectivity index (χ2v) is 5.09. The normalized spacial score (nSPS) is 10.8. The van der Waals surface area contributed by atoms with Gasteiger partial charge in [0, 0.05) is 5.39 Å². The van der Waals surface area contributed by atoms with Crippen LogP contribution < -0.4 is 5.32 Å². The van der Waals surface area contributed by atoms with Crippen LogP contribution in [0.25, 0.3) is 11.0 Å². The summed E-state index contributed by atoms with van der Waals surface area (Å²) in [6.07, 6.45) is 1.37. The van der Waals surface area contributed by atoms with Crippen LogP contribution in [0.15, 0.2) is 47.1 Å². The maximum absolute atomic E-state index is 13.6. The monoisotopic (exact) mass is 303 g/mol. The number of aryl methyl sites for hydroxylation is 1. The summed E-state index contributed by atoms with van der Waals surface area (Å²) in [5.41, 5.74) is 1.65. The highest BCUT2D eigenvalue weighted by Crippen LogP contribution is 2.27. The van der Waals surface area contributed by atoms with Crippen LogP contribution in [-0.2, 0) is 0 Å². The SMILES string of the molecule is Cc1cc(Cl)c(NC(=O)c2coc3ccccc23)cc1F.